The Balaban J connectivity index is 0.000000131. The Hall–Kier alpha value is -16.4. The van der Waals surface area contributed by atoms with Crippen LogP contribution in [0, 0.1) is 6.92 Å². The number of thiophene rings is 1. The van der Waals surface area contributed by atoms with Crippen LogP contribution in [0.4, 0.5) is 94.9 Å². The summed E-state index contributed by atoms with van der Waals surface area (Å²) in [6.07, 6.45) is -21.9. The second kappa shape index (κ2) is 44.5. The number of hydrogen-bond acceptors (Lipinski definition) is 14. The molecule has 0 aliphatic heterocycles. The maximum Gasteiger partial charge on any atom is 0.416 e. The van der Waals surface area contributed by atoms with Crippen LogP contribution in [0.2, 0.25) is 15.2 Å². The lowest BCUT2D eigenvalue weighted by atomic mass is 10.1. The Labute approximate surface area is 846 Å². The van der Waals surface area contributed by atoms with Crippen LogP contribution in [0.5, 0.6) is 0 Å². The summed E-state index contributed by atoms with van der Waals surface area (Å²) in [4.78, 5) is 71.7. The number of fused-ring (bicyclic) bond motifs is 5. The number of nitrogens with zero attached hydrogens (tertiary/aromatic N) is 12. The molecule has 0 atom stereocenters. The number of alkyl halides is 15. The van der Waals surface area contributed by atoms with Gasteiger partial charge in [-0.2, -0.15) is 91.3 Å². The molecular weight excluding hydrogens is 2030 g/mol. The van der Waals surface area contributed by atoms with Gasteiger partial charge in [-0.15, -0.1) is 22.7 Å². The van der Waals surface area contributed by atoms with Crippen molar-refractivity contribution in [1.29, 1.82) is 0 Å². The summed E-state index contributed by atoms with van der Waals surface area (Å²) in [5.74, 6) is 0.159. The molecule has 22 nitrogen and oxygen atoms in total. The number of hydrogen-bond donors (Lipinski definition) is 5. The molecule has 0 fully saturated rings. The second-order valence-electron chi connectivity index (χ2n) is 32.5. The van der Waals surface area contributed by atoms with Crippen molar-refractivity contribution in [3.63, 3.8) is 0 Å². The van der Waals surface area contributed by atoms with Gasteiger partial charge < -0.3 is 26.6 Å². The zero-order chi connectivity index (χ0) is 104. The van der Waals surface area contributed by atoms with Gasteiger partial charge in [0.25, 0.3) is 29.5 Å². The average molecular weight is 2110 g/mol. The van der Waals surface area contributed by atoms with Gasteiger partial charge in [0.2, 0.25) is 0 Å². The van der Waals surface area contributed by atoms with Crippen molar-refractivity contribution in [1.82, 2.24) is 58.9 Å². The summed E-state index contributed by atoms with van der Waals surface area (Å²) < 4.78 is 200. The lowest BCUT2D eigenvalue weighted by molar-refractivity contribution is -0.138. The van der Waals surface area contributed by atoms with Crippen molar-refractivity contribution in [3.8, 4) is 0 Å². The van der Waals surface area contributed by atoms with Gasteiger partial charge in [0, 0.05) is 48.1 Å². The van der Waals surface area contributed by atoms with Gasteiger partial charge in [0.05, 0.1) is 104 Å². The monoisotopic (exact) mass is 2110 g/mol. The minimum Gasteiger partial charge on any atom is -0.305 e. The molecular formula is C105H73Cl3F15N17O5S2. The number of thiazole rings is 1. The van der Waals surface area contributed by atoms with Crippen LogP contribution in [0.3, 0.4) is 0 Å². The van der Waals surface area contributed by atoms with E-state index in [9.17, 15) is 89.8 Å². The van der Waals surface area contributed by atoms with Gasteiger partial charge >= 0.3 is 30.9 Å². The number of carbonyl (C=O) groups excluding carboxylic acids is 5. The highest BCUT2D eigenvalue weighted by molar-refractivity contribution is 7.12. The van der Waals surface area contributed by atoms with Gasteiger partial charge in [-0.3, -0.25) is 47.4 Å². The molecule has 147 heavy (non-hydrogen) atoms. The van der Waals surface area contributed by atoms with Crippen LogP contribution in [0.25, 0.3) is 54.5 Å². The van der Waals surface area contributed by atoms with E-state index in [-0.39, 0.29) is 67.2 Å². The standard InChI is InChI=1S/2C22H15ClF3N3O.C21H14ClF3N4O.C20H15F3N4OS.C20H14F3N3OS/c23-17-5-3-4-15(12-17)21(30)27-20-18-6-1-2-7-19(18)29(28-20)13-14-8-10-16(11-9-14)22(24,25)26;23-17-11-7-15(8-12-17)21(30)27-20-18-3-1-2-4-19(18)29(28-20)13-14-5-9-16(10-6-14)22(24,25)26;22-18-7-3-5-16(26-18)20(30)27-19-15-4-1-2-6-17(15)29(28-19)12-13-8-10-14(11-9-13)21(23,24)25;1-12-17(29-11-24-12)19(28)25-18-15-4-2-3-5-16(15)27(26-18)10-13-6-8-14(9-7-13)20(21,22)23;21-20(22,23)14-9-7-13(8-10-14)12-26-16-5-2-1-4-15(16)18(25-26)24-19(27)17-6-3-11-28-17/h2*1-12H,13H2,(H,27,28,30);1-11H,12H2,(H,27,28,30);2-9,11H,10H2,1H3,(H,25,26,28);1-11H,12H2,(H,24,25,27). The molecule has 12 aromatic carbocycles. The number of para-hydroxylation sites is 5. The fourth-order valence-electron chi connectivity index (χ4n) is 15.1. The maximum atomic E-state index is 12.8. The lowest BCUT2D eigenvalue weighted by Gasteiger charge is -2.08. The molecule has 5 N–H and O–H groups in total. The largest absolute Gasteiger partial charge is 0.416 e. The molecule has 5 amide bonds. The van der Waals surface area contributed by atoms with E-state index in [1.54, 1.807) is 121 Å². The lowest BCUT2D eigenvalue weighted by Crippen LogP contribution is -2.14. The third kappa shape index (κ3) is 25.9. The molecule has 0 radical (unpaired) electrons. The SMILES string of the molecule is Cc1ncsc1C(=O)Nc1nn(Cc2ccc(C(F)(F)F)cc2)c2ccccc12.O=C(Nc1nn(Cc2ccc(C(F)(F)F)cc2)c2ccccc12)c1ccc(Cl)cc1.O=C(Nc1nn(Cc2ccc(C(F)(F)F)cc2)c2ccccc12)c1cccc(Cl)c1.O=C(Nc1nn(Cc2ccc(C(F)(F)F)cc2)c2ccccc12)c1cccc(Cl)n1.O=C(Nc1nn(Cc2ccc(C(F)(F)F)cc2)c2ccccc12)c1cccs1. The van der Waals surface area contributed by atoms with E-state index in [0.29, 0.717) is 98.9 Å². The topological polar surface area (TPSA) is 260 Å². The molecule has 746 valence electrons. The number of benzene rings is 12. The van der Waals surface area contributed by atoms with Gasteiger partial charge in [0.15, 0.2) is 29.1 Å². The highest BCUT2D eigenvalue weighted by Gasteiger charge is 2.35. The number of halogens is 18. The molecule has 0 aliphatic rings. The maximum absolute atomic E-state index is 12.8. The number of rotatable bonds is 20. The van der Waals surface area contributed by atoms with Gasteiger partial charge in [-0.1, -0.05) is 174 Å². The Morgan fingerprint density at radius 2 is 0.592 bits per heavy atom. The molecule has 0 saturated carbocycles. The first-order valence-corrected chi connectivity index (χ1v) is 46.8. The van der Waals surface area contributed by atoms with Crippen LogP contribution in [0.1, 0.15) is 112 Å². The quantitative estimate of drug-likeness (QED) is 0.0352. The second-order valence-corrected chi connectivity index (χ2v) is 35.5. The predicted octanol–water partition coefficient (Wildman–Crippen LogP) is 28.0. The van der Waals surface area contributed by atoms with Gasteiger partial charge in [0.1, 0.15) is 15.7 Å². The fraction of sp³-hybridized carbons (Fsp3) is 0.105. The summed E-state index contributed by atoms with van der Waals surface area (Å²) in [5.41, 5.74) is 6.80. The number of amides is 5. The van der Waals surface area contributed by atoms with Crippen LogP contribution < -0.4 is 26.6 Å². The molecule has 0 saturated heterocycles. The van der Waals surface area contributed by atoms with E-state index in [1.165, 1.54) is 89.4 Å². The molecule has 0 bridgehead atoms. The third-order valence-corrected chi connectivity index (χ3v) is 24.8. The molecule has 0 aliphatic carbocycles. The van der Waals surface area contributed by atoms with Gasteiger partial charge in [-0.25, -0.2) is 9.97 Å². The summed E-state index contributed by atoms with van der Waals surface area (Å²) in [6.45, 7) is 3.07. The van der Waals surface area contributed by atoms with Crippen molar-refractivity contribution in [2.75, 3.05) is 26.6 Å². The fourth-order valence-corrected chi connectivity index (χ4v) is 16.9. The smallest absolute Gasteiger partial charge is 0.305 e. The normalized spacial score (nSPS) is 11.6. The zero-order valence-electron chi connectivity index (χ0n) is 75.8. The van der Waals surface area contributed by atoms with E-state index in [0.717, 1.165) is 110 Å². The zero-order valence-corrected chi connectivity index (χ0v) is 79.7. The molecule has 8 aromatic heterocycles. The Morgan fingerprint density at radius 3 is 0.884 bits per heavy atom. The predicted molar refractivity (Wildman–Crippen MR) is 534 cm³/mol. The summed E-state index contributed by atoms with van der Waals surface area (Å²) in [7, 11) is 0. The van der Waals surface area contributed by atoms with Crippen molar-refractivity contribution < 1.29 is 89.8 Å². The molecule has 8 heterocycles. The van der Waals surface area contributed by atoms with E-state index in [2.05, 4.69) is 62.0 Å². The average Bonchev–Trinajstić information content (AvgIpc) is 1.66. The number of pyridine rings is 1. The number of aryl methyl sites for hydroxylation is 1. The first kappa shape index (κ1) is 104. The molecule has 20 rings (SSSR count). The summed E-state index contributed by atoms with van der Waals surface area (Å²) in [5, 5.41) is 42.9. The van der Waals surface area contributed by atoms with Crippen molar-refractivity contribution in [2.24, 2.45) is 0 Å². The minimum atomic E-state index is -4.39. The highest BCUT2D eigenvalue weighted by atomic mass is 35.5. The first-order chi connectivity index (χ1) is 70.2. The minimum absolute atomic E-state index is 0.142. The Morgan fingerprint density at radius 1 is 0.293 bits per heavy atom. The highest BCUT2D eigenvalue weighted by Crippen LogP contribution is 2.38. The van der Waals surface area contributed by atoms with Crippen LogP contribution >= 0.6 is 57.5 Å². The summed E-state index contributed by atoms with van der Waals surface area (Å²) >= 11 is 20.2. The van der Waals surface area contributed by atoms with Crippen molar-refractivity contribution in [3.05, 3.63) is 436 Å². The Kier molecular flexibility index (Phi) is 31.3. The van der Waals surface area contributed by atoms with Crippen LogP contribution in [-0.2, 0) is 63.6 Å². The van der Waals surface area contributed by atoms with Crippen LogP contribution in [-0.4, -0.2) is 88.4 Å². The third-order valence-electron chi connectivity index (χ3n) is 22.4. The van der Waals surface area contributed by atoms with E-state index in [4.69, 9.17) is 34.8 Å². The van der Waals surface area contributed by atoms with Crippen molar-refractivity contribution in [2.45, 2.75) is 70.5 Å². The number of nitrogens with one attached hydrogen (secondary N) is 5. The van der Waals surface area contributed by atoms with Gasteiger partial charge in [-0.05, 0) is 222 Å². The first-order valence-electron chi connectivity index (χ1n) is 43.9. The molecule has 0 unspecified atom stereocenters. The Bertz CT molecular complexity index is 7940. The number of anilines is 5. The number of carbonyl (C=O) groups is 5. The summed E-state index contributed by atoms with van der Waals surface area (Å²) in [6, 6.07) is 82.5. The van der Waals surface area contributed by atoms with E-state index < -0.39 is 64.6 Å². The number of aromatic nitrogens is 12. The van der Waals surface area contributed by atoms with E-state index in [1.807, 2.05) is 115 Å². The van der Waals surface area contributed by atoms with Crippen molar-refractivity contribution >= 4 is 171 Å². The molecule has 0 spiro atoms. The molecule has 42 heteroatoms. The van der Waals surface area contributed by atoms with E-state index >= 15 is 0 Å². The molecule has 20 aromatic rings. The van der Waals surface area contributed by atoms with Crippen LogP contribution in [0.15, 0.2) is 332 Å².